The number of para-hydroxylation sites is 1. The molecule has 0 aliphatic carbocycles. The van der Waals surface area contributed by atoms with Gasteiger partial charge in [0.05, 0.1) is 5.02 Å². The van der Waals surface area contributed by atoms with Crippen molar-refractivity contribution in [2.45, 2.75) is 6.61 Å². The SMILES string of the molecule is Fc1cccc(Cl)c1OC(F)F. The van der Waals surface area contributed by atoms with Gasteiger partial charge >= 0.3 is 6.61 Å². The fourth-order valence-corrected chi connectivity index (χ4v) is 0.892. The van der Waals surface area contributed by atoms with Crippen LogP contribution in [0.3, 0.4) is 0 Å². The van der Waals surface area contributed by atoms with Crippen molar-refractivity contribution in [3.63, 3.8) is 0 Å². The van der Waals surface area contributed by atoms with Crippen molar-refractivity contribution in [1.29, 1.82) is 0 Å². The van der Waals surface area contributed by atoms with Crippen LogP contribution in [0.5, 0.6) is 5.75 Å². The molecular formula is C7H4ClF3O. The maximum absolute atomic E-state index is 12.7. The summed E-state index contributed by atoms with van der Waals surface area (Å²) in [5.74, 6) is -1.52. The Morgan fingerprint density at radius 2 is 2.00 bits per heavy atom. The molecule has 0 spiro atoms. The van der Waals surface area contributed by atoms with E-state index in [-0.39, 0.29) is 5.02 Å². The van der Waals surface area contributed by atoms with Gasteiger partial charge in [-0.1, -0.05) is 17.7 Å². The topological polar surface area (TPSA) is 9.23 Å². The average Bonchev–Trinajstić information content (AvgIpc) is 1.97. The molecule has 5 heteroatoms. The predicted octanol–water partition coefficient (Wildman–Crippen LogP) is 3.08. The predicted molar refractivity (Wildman–Crippen MR) is 38.0 cm³/mol. The zero-order valence-electron chi connectivity index (χ0n) is 5.73. The van der Waals surface area contributed by atoms with Crippen molar-refractivity contribution in [3.05, 3.63) is 29.0 Å². The van der Waals surface area contributed by atoms with Crippen molar-refractivity contribution in [1.82, 2.24) is 0 Å². The highest BCUT2D eigenvalue weighted by molar-refractivity contribution is 6.32. The number of hydrogen-bond donors (Lipinski definition) is 0. The van der Waals surface area contributed by atoms with E-state index in [2.05, 4.69) is 4.74 Å². The number of halogens is 4. The molecule has 1 rings (SSSR count). The summed E-state index contributed by atoms with van der Waals surface area (Å²) in [4.78, 5) is 0. The Hall–Kier alpha value is -0.900. The van der Waals surface area contributed by atoms with Crippen LogP contribution in [0.25, 0.3) is 0 Å². The molecule has 1 aromatic carbocycles. The van der Waals surface area contributed by atoms with Gasteiger partial charge in [-0.15, -0.1) is 0 Å². The molecule has 0 aromatic heterocycles. The lowest BCUT2D eigenvalue weighted by Gasteiger charge is -2.06. The number of hydrogen-bond acceptors (Lipinski definition) is 1. The van der Waals surface area contributed by atoms with Gasteiger partial charge in [0.2, 0.25) is 0 Å². The van der Waals surface area contributed by atoms with Crippen LogP contribution < -0.4 is 4.74 Å². The third-order valence-electron chi connectivity index (χ3n) is 1.13. The van der Waals surface area contributed by atoms with Crippen LogP contribution in [0.1, 0.15) is 0 Å². The highest BCUT2D eigenvalue weighted by atomic mass is 35.5. The van der Waals surface area contributed by atoms with E-state index in [1.807, 2.05) is 0 Å². The summed E-state index contributed by atoms with van der Waals surface area (Å²) in [7, 11) is 0. The first-order valence-corrected chi connectivity index (χ1v) is 3.38. The van der Waals surface area contributed by atoms with E-state index in [0.717, 1.165) is 6.07 Å². The zero-order valence-corrected chi connectivity index (χ0v) is 6.49. The zero-order chi connectivity index (χ0) is 9.14. The first kappa shape index (κ1) is 9.19. The lowest BCUT2D eigenvalue weighted by atomic mass is 10.3. The van der Waals surface area contributed by atoms with E-state index in [4.69, 9.17) is 11.6 Å². The molecule has 0 atom stereocenters. The molecule has 0 unspecified atom stereocenters. The quantitative estimate of drug-likeness (QED) is 0.706. The van der Waals surface area contributed by atoms with Gasteiger partial charge < -0.3 is 4.74 Å². The van der Waals surface area contributed by atoms with Crippen molar-refractivity contribution in [3.8, 4) is 5.75 Å². The largest absolute Gasteiger partial charge is 0.430 e. The van der Waals surface area contributed by atoms with Crippen molar-refractivity contribution < 1.29 is 17.9 Å². The minimum Gasteiger partial charge on any atom is -0.430 e. The lowest BCUT2D eigenvalue weighted by molar-refractivity contribution is -0.0521. The summed E-state index contributed by atoms with van der Waals surface area (Å²) < 4.78 is 39.8. The molecular weight excluding hydrogens is 193 g/mol. The van der Waals surface area contributed by atoms with E-state index in [1.54, 1.807) is 0 Å². The van der Waals surface area contributed by atoms with Crippen LogP contribution >= 0.6 is 11.6 Å². The minimum absolute atomic E-state index is 0.171. The average molecular weight is 197 g/mol. The molecule has 66 valence electrons. The standard InChI is InChI=1S/C7H4ClF3O/c8-4-2-1-3-5(9)6(4)12-7(10)11/h1-3,7H. The van der Waals surface area contributed by atoms with Crippen LogP contribution in [0, 0.1) is 5.82 Å². The summed E-state index contributed by atoms with van der Waals surface area (Å²) in [6, 6.07) is 3.56. The summed E-state index contributed by atoms with van der Waals surface area (Å²) in [6.45, 7) is -3.07. The molecule has 0 fully saturated rings. The Balaban J connectivity index is 2.96. The smallest absolute Gasteiger partial charge is 0.387 e. The Morgan fingerprint density at radius 3 is 2.50 bits per heavy atom. The third-order valence-corrected chi connectivity index (χ3v) is 1.42. The lowest BCUT2D eigenvalue weighted by Crippen LogP contribution is -2.03. The number of ether oxygens (including phenoxy) is 1. The Bertz CT molecular complexity index is 257. The van der Waals surface area contributed by atoms with Gasteiger partial charge in [-0.3, -0.25) is 0 Å². The second-order valence-electron chi connectivity index (χ2n) is 1.93. The number of rotatable bonds is 2. The molecule has 0 saturated heterocycles. The van der Waals surface area contributed by atoms with Gasteiger partial charge in [0.1, 0.15) is 0 Å². The molecule has 0 bridgehead atoms. The molecule has 0 radical (unpaired) electrons. The molecule has 0 aliphatic heterocycles. The highest BCUT2D eigenvalue weighted by Gasteiger charge is 2.12. The third kappa shape index (κ3) is 2.04. The first-order chi connectivity index (χ1) is 5.61. The normalized spacial score (nSPS) is 10.4. The van der Waals surface area contributed by atoms with E-state index in [1.165, 1.54) is 12.1 Å². The fraction of sp³-hybridized carbons (Fsp3) is 0.143. The van der Waals surface area contributed by atoms with Crippen LogP contribution in [-0.2, 0) is 0 Å². The second-order valence-corrected chi connectivity index (χ2v) is 2.34. The molecule has 0 heterocycles. The van der Waals surface area contributed by atoms with Gasteiger partial charge in [-0.2, -0.15) is 8.78 Å². The molecule has 12 heavy (non-hydrogen) atoms. The van der Waals surface area contributed by atoms with Crippen molar-refractivity contribution >= 4 is 11.6 Å². The van der Waals surface area contributed by atoms with Gasteiger partial charge in [-0.25, -0.2) is 4.39 Å². The van der Waals surface area contributed by atoms with Crippen LogP contribution in [0.2, 0.25) is 5.02 Å². The summed E-state index contributed by atoms with van der Waals surface area (Å²) in [5.41, 5.74) is 0. The Morgan fingerprint density at radius 1 is 1.33 bits per heavy atom. The van der Waals surface area contributed by atoms with Gasteiger partial charge in [-0.05, 0) is 12.1 Å². The van der Waals surface area contributed by atoms with E-state index >= 15 is 0 Å². The summed E-state index contributed by atoms with van der Waals surface area (Å²) >= 11 is 5.38. The van der Waals surface area contributed by atoms with Crippen LogP contribution in [0.15, 0.2) is 18.2 Å². The van der Waals surface area contributed by atoms with Crippen LogP contribution in [0.4, 0.5) is 13.2 Å². The van der Waals surface area contributed by atoms with Crippen molar-refractivity contribution in [2.75, 3.05) is 0 Å². The van der Waals surface area contributed by atoms with Crippen molar-refractivity contribution in [2.24, 2.45) is 0 Å². The number of alkyl halides is 2. The Labute approximate surface area is 71.7 Å². The van der Waals surface area contributed by atoms with E-state index in [0.29, 0.717) is 0 Å². The maximum Gasteiger partial charge on any atom is 0.387 e. The van der Waals surface area contributed by atoms with E-state index < -0.39 is 18.2 Å². The molecule has 1 aromatic rings. The fourth-order valence-electron chi connectivity index (χ4n) is 0.684. The second kappa shape index (κ2) is 3.67. The van der Waals surface area contributed by atoms with E-state index in [9.17, 15) is 13.2 Å². The Kier molecular flexibility index (Phi) is 2.81. The molecule has 1 nitrogen and oxygen atoms in total. The minimum atomic E-state index is -3.07. The molecule has 0 saturated carbocycles. The summed E-state index contributed by atoms with van der Waals surface area (Å²) in [6.07, 6.45) is 0. The van der Waals surface area contributed by atoms with Crippen LogP contribution in [-0.4, -0.2) is 6.61 Å². The molecule has 0 aliphatic rings. The molecule has 0 N–H and O–H groups in total. The van der Waals surface area contributed by atoms with Gasteiger partial charge in [0.25, 0.3) is 0 Å². The highest BCUT2D eigenvalue weighted by Crippen LogP contribution is 2.28. The monoisotopic (exact) mass is 196 g/mol. The van der Waals surface area contributed by atoms with Gasteiger partial charge in [0, 0.05) is 0 Å². The maximum atomic E-state index is 12.7. The molecule has 0 amide bonds. The first-order valence-electron chi connectivity index (χ1n) is 3.00. The van der Waals surface area contributed by atoms with Gasteiger partial charge in [0.15, 0.2) is 11.6 Å². The number of benzene rings is 1. The summed E-state index contributed by atoms with van der Waals surface area (Å²) in [5, 5.41) is -0.171.